The highest BCUT2D eigenvalue weighted by atomic mass is 32.1. The van der Waals surface area contributed by atoms with Crippen LogP contribution in [0.25, 0.3) is 0 Å². The highest BCUT2D eigenvalue weighted by Crippen LogP contribution is 2.14. The van der Waals surface area contributed by atoms with E-state index < -0.39 is 6.10 Å². The summed E-state index contributed by atoms with van der Waals surface area (Å²) in [6.07, 6.45) is 0.499. The van der Waals surface area contributed by atoms with Gasteiger partial charge in [0.1, 0.15) is 0 Å². The molecule has 0 fully saturated rings. The van der Waals surface area contributed by atoms with Crippen LogP contribution in [0.2, 0.25) is 0 Å². The SMILES string of the molecule is Cc1ncsc1CN(C)C(=O)CCC(C)O. The number of aliphatic hydroxyl groups excluding tert-OH is 1. The van der Waals surface area contributed by atoms with E-state index in [4.69, 9.17) is 5.11 Å². The molecule has 1 heterocycles. The molecule has 0 aliphatic rings. The van der Waals surface area contributed by atoms with Gasteiger partial charge in [0, 0.05) is 18.3 Å². The van der Waals surface area contributed by atoms with E-state index in [1.54, 1.807) is 35.7 Å². The first-order chi connectivity index (χ1) is 7.50. The Labute approximate surface area is 99.9 Å². The second-order valence-electron chi connectivity index (χ2n) is 4.00. The highest BCUT2D eigenvalue weighted by Gasteiger charge is 2.12. The lowest BCUT2D eigenvalue weighted by molar-refractivity contribution is -0.130. The Balaban J connectivity index is 2.43. The minimum atomic E-state index is -0.414. The number of hydrogen-bond donors (Lipinski definition) is 1. The van der Waals surface area contributed by atoms with Gasteiger partial charge in [-0.15, -0.1) is 11.3 Å². The third-order valence-corrected chi connectivity index (χ3v) is 3.35. The molecule has 1 N–H and O–H groups in total. The van der Waals surface area contributed by atoms with Crippen molar-refractivity contribution in [3.05, 3.63) is 16.1 Å². The van der Waals surface area contributed by atoms with E-state index >= 15 is 0 Å². The number of aryl methyl sites for hydroxylation is 1. The highest BCUT2D eigenvalue weighted by molar-refractivity contribution is 7.09. The molecule has 1 atom stereocenters. The maximum atomic E-state index is 11.7. The summed E-state index contributed by atoms with van der Waals surface area (Å²) in [5.74, 6) is 0.0636. The van der Waals surface area contributed by atoms with Crippen molar-refractivity contribution in [2.24, 2.45) is 0 Å². The Bertz CT molecular complexity index is 350. The maximum absolute atomic E-state index is 11.7. The second kappa shape index (κ2) is 5.96. The number of carbonyl (C=O) groups excluding carboxylic acids is 1. The molecule has 0 saturated heterocycles. The van der Waals surface area contributed by atoms with Gasteiger partial charge in [0.15, 0.2) is 0 Å². The van der Waals surface area contributed by atoms with Gasteiger partial charge in [-0.1, -0.05) is 0 Å². The monoisotopic (exact) mass is 242 g/mol. The van der Waals surface area contributed by atoms with E-state index in [2.05, 4.69) is 4.98 Å². The molecule has 0 aliphatic heterocycles. The Kier molecular flexibility index (Phi) is 4.89. The zero-order chi connectivity index (χ0) is 12.1. The minimum absolute atomic E-state index is 0.0636. The smallest absolute Gasteiger partial charge is 0.222 e. The van der Waals surface area contributed by atoms with Crippen LogP contribution in [0.1, 0.15) is 30.3 Å². The Morgan fingerprint density at radius 1 is 1.69 bits per heavy atom. The van der Waals surface area contributed by atoms with E-state index in [-0.39, 0.29) is 5.91 Å². The molecule has 0 aliphatic carbocycles. The summed E-state index contributed by atoms with van der Waals surface area (Å²) < 4.78 is 0. The van der Waals surface area contributed by atoms with Crippen molar-refractivity contribution in [1.29, 1.82) is 0 Å². The summed E-state index contributed by atoms with van der Waals surface area (Å²) >= 11 is 1.57. The molecule has 0 saturated carbocycles. The van der Waals surface area contributed by atoms with Crippen LogP contribution >= 0.6 is 11.3 Å². The van der Waals surface area contributed by atoms with Crippen molar-refractivity contribution >= 4 is 17.2 Å². The lowest BCUT2D eigenvalue weighted by Gasteiger charge is -2.16. The Morgan fingerprint density at radius 2 is 2.38 bits per heavy atom. The number of amides is 1. The normalized spacial score (nSPS) is 12.5. The lowest BCUT2D eigenvalue weighted by atomic mass is 10.2. The molecular formula is C11H18N2O2S. The number of nitrogens with zero attached hydrogens (tertiary/aromatic N) is 2. The number of carbonyl (C=O) groups is 1. The zero-order valence-corrected chi connectivity index (χ0v) is 10.8. The molecule has 1 rings (SSSR count). The molecule has 0 spiro atoms. The van der Waals surface area contributed by atoms with E-state index in [0.29, 0.717) is 19.4 Å². The first-order valence-corrected chi connectivity index (χ1v) is 6.19. The summed E-state index contributed by atoms with van der Waals surface area (Å²) in [6, 6.07) is 0. The molecule has 0 aromatic carbocycles. The lowest BCUT2D eigenvalue weighted by Crippen LogP contribution is -2.26. The summed E-state index contributed by atoms with van der Waals surface area (Å²) in [7, 11) is 1.78. The van der Waals surface area contributed by atoms with E-state index in [1.807, 2.05) is 6.92 Å². The van der Waals surface area contributed by atoms with Crippen molar-refractivity contribution in [3.8, 4) is 0 Å². The van der Waals surface area contributed by atoms with Gasteiger partial charge in [0.2, 0.25) is 5.91 Å². The van der Waals surface area contributed by atoms with Gasteiger partial charge in [0.25, 0.3) is 0 Å². The van der Waals surface area contributed by atoms with Crippen LogP contribution in [-0.2, 0) is 11.3 Å². The van der Waals surface area contributed by atoms with Crippen LogP contribution in [0.3, 0.4) is 0 Å². The fraction of sp³-hybridized carbons (Fsp3) is 0.636. The molecular weight excluding hydrogens is 224 g/mol. The number of aromatic nitrogens is 1. The molecule has 1 aromatic rings. The van der Waals surface area contributed by atoms with Crippen LogP contribution in [0.15, 0.2) is 5.51 Å². The number of thiazole rings is 1. The molecule has 4 nitrogen and oxygen atoms in total. The third-order valence-electron chi connectivity index (χ3n) is 2.43. The van der Waals surface area contributed by atoms with Crippen molar-refractivity contribution in [2.75, 3.05) is 7.05 Å². The van der Waals surface area contributed by atoms with Crippen LogP contribution in [-0.4, -0.2) is 34.0 Å². The average molecular weight is 242 g/mol. The first kappa shape index (κ1) is 13.1. The predicted molar refractivity (Wildman–Crippen MR) is 64.2 cm³/mol. The van der Waals surface area contributed by atoms with Crippen molar-refractivity contribution in [3.63, 3.8) is 0 Å². The zero-order valence-electron chi connectivity index (χ0n) is 9.93. The summed E-state index contributed by atoms with van der Waals surface area (Å²) in [6.45, 7) is 4.25. The molecule has 1 unspecified atom stereocenters. The van der Waals surface area contributed by atoms with Gasteiger partial charge in [-0.3, -0.25) is 4.79 Å². The average Bonchev–Trinajstić information content (AvgIpc) is 2.60. The fourth-order valence-corrected chi connectivity index (χ4v) is 2.13. The molecule has 0 radical (unpaired) electrons. The van der Waals surface area contributed by atoms with Crippen LogP contribution in [0.5, 0.6) is 0 Å². The first-order valence-electron chi connectivity index (χ1n) is 5.31. The van der Waals surface area contributed by atoms with Crippen LogP contribution in [0, 0.1) is 6.92 Å². The van der Waals surface area contributed by atoms with Crippen LogP contribution < -0.4 is 0 Å². The quantitative estimate of drug-likeness (QED) is 0.852. The van der Waals surface area contributed by atoms with Crippen LogP contribution in [0.4, 0.5) is 0 Å². The topological polar surface area (TPSA) is 53.4 Å². The molecule has 0 bridgehead atoms. The molecule has 90 valence electrons. The van der Waals surface area contributed by atoms with E-state index in [9.17, 15) is 4.79 Å². The van der Waals surface area contributed by atoms with Gasteiger partial charge in [-0.25, -0.2) is 4.98 Å². The number of rotatable bonds is 5. The third kappa shape index (κ3) is 3.90. The molecule has 1 aromatic heterocycles. The number of aliphatic hydroxyl groups is 1. The van der Waals surface area contributed by atoms with Gasteiger partial charge in [-0.05, 0) is 20.3 Å². The van der Waals surface area contributed by atoms with Gasteiger partial charge >= 0.3 is 0 Å². The summed E-state index contributed by atoms with van der Waals surface area (Å²) in [5, 5.41) is 9.11. The van der Waals surface area contributed by atoms with Gasteiger partial charge in [-0.2, -0.15) is 0 Å². The summed E-state index contributed by atoms with van der Waals surface area (Å²) in [4.78, 5) is 18.6. The Hall–Kier alpha value is -0.940. The van der Waals surface area contributed by atoms with E-state index in [1.165, 1.54) is 0 Å². The molecule has 1 amide bonds. The fourth-order valence-electron chi connectivity index (χ4n) is 1.30. The van der Waals surface area contributed by atoms with E-state index in [0.717, 1.165) is 10.6 Å². The van der Waals surface area contributed by atoms with Crippen molar-refractivity contribution in [2.45, 2.75) is 39.3 Å². The standard InChI is InChI=1S/C11H18N2O2S/c1-8(14)4-5-11(15)13(3)6-10-9(2)12-7-16-10/h7-8,14H,4-6H2,1-3H3. The van der Waals surface area contributed by atoms with Gasteiger partial charge in [0.05, 0.1) is 23.9 Å². The maximum Gasteiger partial charge on any atom is 0.222 e. The van der Waals surface area contributed by atoms with Crippen molar-refractivity contribution < 1.29 is 9.90 Å². The largest absolute Gasteiger partial charge is 0.393 e. The molecule has 16 heavy (non-hydrogen) atoms. The second-order valence-corrected chi connectivity index (χ2v) is 4.94. The summed E-state index contributed by atoms with van der Waals surface area (Å²) in [5.41, 5.74) is 2.78. The predicted octanol–water partition coefficient (Wildman–Crippen LogP) is 1.57. The number of hydrogen-bond acceptors (Lipinski definition) is 4. The molecule has 5 heteroatoms. The minimum Gasteiger partial charge on any atom is -0.393 e. The van der Waals surface area contributed by atoms with Crippen molar-refractivity contribution in [1.82, 2.24) is 9.88 Å². The van der Waals surface area contributed by atoms with Gasteiger partial charge < -0.3 is 10.0 Å². The Morgan fingerprint density at radius 3 is 2.88 bits per heavy atom.